The van der Waals surface area contributed by atoms with Gasteiger partial charge in [0.25, 0.3) is 11.5 Å². The Morgan fingerprint density at radius 1 is 1.14 bits per heavy atom. The smallest absolute Gasteiger partial charge is 0.335 e. The summed E-state index contributed by atoms with van der Waals surface area (Å²) in [7, 11) is 1.61. The van der Waals surface area contributed by atoms with Crippen LogP contribution in [-0.4, -0.2) is 53.0 Å². The molecule has 1 aliphatic carbocycles. The van der Waals surface area contributed by atoms with E-state index in [0.717, 1.165) is 25.7 Å². The Morgan fingerprint density at radius 3 is 2.57 bits per heavy atom. The van der Waals surface area contributed by atoms with Crippen molar-refractivity contribution < 1.29 is 19.1 Å². The molecule has 2 aromatic carbocycles. The van der Waals surface area contributed by atoms with Crippen LogP contribution in [-0.2, 0) is 6.54 Å². The first-order valence-corrected chi connectivity index (χ1v) is 12.5. The zero-order valence-electron chi connectivity index (χ0n) is 20.8. The highest BCUT2D eigenvalue weighted by Crippen LogP contribution is 2.27. The van der Waals surface area contributed by atoms with Gasteiger partial charge in [0.2, 0.25) is 0 Å². The van der Waals surface area contributed by atoms with Crippen molar-refractivity contribution in [2.75, 3.05) is 30.8 Å². The SMILES string of the molecule is CNc1cc(F)cc2cc(C(=O)Nc3ccc(C(=O)O)cc3CN(CCN)C3CCCCC3)c(=O)[nH]c12. The maximum absolute atomic E-state index is 14.1. The Morgan fingerprint density at radius 2 is 1.89 bits per heavy atom. The van der Waals surface area contributed by atoms with Crippen LogP contribution in [0.4, 0.5) is 15.8 Å². The summed E-state index contributed by atoms with van der Waals surface area (Å²) in [5.41, 5.74) is 6.99. The second kappa shape index (κ2) is 11.5. The molecule has 1 saturated carbocycles. The average molecular weight is 510 g/mol. The third-order valence-electron chi connectivity index (χ3n) is 6.91. The molecule has 1 aliphatic rings. The van der Waals surface area contributed by atoms with Crippen LogP contribution >= 0.6 is 0 Å². The molecule has 4 rings (SSSR count). The van der Waals surface area contributed by atoms with Crippen molar-refractivity contribution in [3.8, 4) is 0 Å². The Bertz CT molecular complexity index is 1370. The molecule has 0 unspecified atom stereocenters. The number of aromatic nitrogens is 1. The Labute approximate surface area is 213 Å². The van der Waals surface area contributed by atoms with Crippen molar-refractivity contribution in [1.82, 2.24) is 9.88 Å². The van der Waals surface area contributed by atoms with Gasteiger partial charge < -0.3 is 26.5 Å². The van der Waals surface area contributed by atoms with Crippen molar-refractivity contribution >= 4 is 34.2 Å². The average Bonchev–Trinajstić information content (AvgIpc) is 2.89. The van der Waals surface area contributed by atoms with Crippen LogP contribution < -0.4 is 21.9 Å². The minimum absolute atomic E-state index is 0.1000. The lowest BCUT2D eigenvalue weighted by molar-refractivity contribution is 0.0696. The molecular weight excluding hydrogens is 477 g/mol. The molecule has 1 aromatic heterocycles. The number of anilines is 2. The zero-order valence-corrected chi connectivity index (χ0v) is 20.8. The van der Waals surface area contributed by atoms with Gasteiger partial charge in [-0.05, 0) is 54.8 Å². The third kappa shape index (κ3) is 5.98. The van der Waals surface area contributed by atoms with E-state index < -0.39 is 23.3 Å². The predicted molar refractivity (Wildman–Crippen MR) is 142 cm³/mol. The summed E-state index contributed by atoms with van der Waals surface area (Å²) in [6.07, 6.45) is 5.54. The quantitative estimate of drug-likeness (QED) is 0.296. The second-order valence-electron chi connectivity index (χ2n) is 9.36. The lowest BCUT2D eigenvalue weighted by atomic mass is 9.93. The number of H-pyrrole nitrogens is 1. The van der Waals surface area contributed by atoms with Gasteiger partial charge in [0.1, 0.15) is 11.4 Å². The number of rotatable bonds is 9. The van der Waals surface area contributed by atoms with E-state index in [9.17, 15) is 23.9 Å². The molecule has 0 bridgehead atoms. The van der Waals surface area contributed by atoms with Gasteiger partial charge in [0.05, 0.1) is 16.8 Å². The van der Waals surface area contributed by atoms with E-state index in [4.69, 9.17) is 5.73 Å². The monoisotopic (exact) mass is 509 g/mol. The summed E-state index contributed by atoms with van der Waals surface area (Å²) < 4.78 is 14.1. The summed E-state index contributed by atoms with van der Waals surface area (Å²) in [4.78, 5) is 42.6. The third-order valence-corrected chi connectivity index (χ3v) is 6.91. The van der Waals surface area contributed by atoms with Crippen LogP contribution in [0, 0.1) is 5.82 Å². The fourth-order valence-electron chi connectivity index (χ4n) is 5.04. The summed E-state index contributed by atoms with van der Waals surface area (Å²) in [6.45, 7) is 1.50. The maximum Gasteiger partial charge on any atom is 0.335 e. The zero-order chi connectivity index (χ0) is 26.5. The number of benzene rings is 2. The Balaban J connectivity index is 1.67. The van der Waals surface area contributed by atoms with Crippen molar-refractivity contribution in [3.05, 3.63) is 69.3 Å². The minimum atomic E-state index is -1.07. The van der Waals surface area contributed by atoms with Gasteiger partial charge in [-0.2, -0.15) is 0 Å². The van der Waals surface area contributed by atoms with E-state index >= 15 is 0 Å². The van der Waals surface area contributed by atoms with E-state index in [-0.39, 0.29) is 11.1 Å². The van der Waals surface area contributed by atoms with Crippen molar-refractivity contribution in [2.24, 2.45) is 5.73 Å². The van der Waals surface area contributed by atoms with Gasteiger partial charge >= 0.3 is 5.97 Å². The fraction of sp³-hybridized carbons (Fsp3) is 0.370. The number of pyridine rings is 1. The summed E-state index contributed by atoms with van der Waals surface area (Å²) in [5, 5.41) is 15.5. The number of nitrogens with two attached hydrogens (primary N) is 1. The molecule has 37 heavy (non-hydrogen) atoms. The number of hydrogen-bond acceptors (Lipinski definition) is 6. The maximum atomic E-state index is 14.1. The molecule has 1 heterocycles. The summed E-state index contributed by atoms with van der Waals surface area (Å²) >= 11 is 0. The van der Waals surface area contributed by atoms with Crippen LogP contribution in [0.25, 0.3) is 10.9 Å². The fourth-order valence-corrected chi connectivity index (χ4v) is 5.04. The predicted octanol–water partition coefficient (Wildman–Crippen LogP) is 3.75. The molecule has 10 heteroatoms. The van der Waals surface area contributed by atoms with Gasteiger partial charge in [-0.15, -0.1) is 0 Å². The standard InChI is InChI=1S/C27H32FN5O4/c1-30-23-14-19(28)12-17-13-21(26(35)32-24(17)23)25(34)31-22-8-7-16(27(36)37)11-18(22)15-33(10-9-29)20-5-3-2-4-6-20/h7-8,11-14,20,30H,2-6,9-10,15,29H2,1H3,(H,31,34)(H,32,35)(H,36,37). The molecule has 0 spiro atoms. The van der Waals surface area contributed by atoms with Crippen molar-refractivity contribution in [2.45, 2.75) is 44.7 Å². The first-order valence-electron chi connectivity index (χ1n) is 12.5. The molecule has 0 radical (unpaired) electrons. The van der Waals surface area contributed by atoms with E-state index in [2.05, 4.69) is 20.5 Å². The highest BCUT2D eigenvalue weighted by Gasteiger charge is 2.23. The number of nitrogens with zero attached hydrogens (tertiary/aromatic N) is 1. The molecule has 0 atom stereocenters. The summed E-state index contributed by atoms with van der Waals surface area (Å²) in [6, 6.07) is 8.67. The molecule has 6 N–H and O–H groups in total. The lowest BCUT2D eigenvalue weighted by Crippen LogP contribution is -2.39. The van der Waals surface area contributed by atoms with E-state index in [1.165, 1.54) is 36.8 Å². The number of carboxylic acids is 1. The minimum Gasteiger partial charge on any atom is -0.478 e. The Kier molecular flexibility index (Phi) is 8.20. The number of carbonyl (C=O) groups excluding carboxylic acids is 1. The number of aromatic amines is 1. The van der Waals surface area contributed by atoms with Crippen LogP contribution in [0.1, 0.15) is 58.4 Å². The van der Waals surface area contributed by atoms with Gasteiger partial charge in [0.15, 0.2) is 0 Å². The number of amides is 1. The van der Waals surface area contributed by atoms with Crippen LogP contribution in [0.5, 0.6) is 0 Å². The first-order chi connectivity index (χ1) is 17.8. The largest absolute Gasteiger partial charge is 0.478 e. The molecule has 9 nitrogen and oxygen atoms in total. The van der Waals surface area contributed by atoms with Gasteiger partial charge in [-0.25, -0.2) is 9.18 Å². The number of hydrogen-bond donors (Lipinski definition) is 5. The van der Waals surface area contributed by atoms with Gasteiger partial charge in [-0.3, -0.25) is 14.5 Å². The number of aromatic carboxylic acids is 1. The highest BCUT2D eigenvalue weighted by atomic mass is 19.1. The molecule has 3 aromatic rings. The van der Waals surface area contributed by atoms with Crippen molar-refractivity contribution in [3.63, 3.8) is 0 Å². The number of nitrogens with one attached hydrogen (secondary N) is 3. The molecular formula is C27H32FN5O4. The number of halogens is 1. The topological polar surface area (TPSA) is 141 Å². The molecule has 196 valence electrons. The van der Waals surface area contributed by atoms with E-state index in [0.29, 0.717) is 53.5 Å². The van der Waals surface area contributed by atoms with Crippen LogP contribution in [0.2, 0.25) is 0 Å². The number of carboxylic acid groups (broad SMARTS) is 1. The van der Waals surface area contributed by atoms with Crippen LogP contribution in [0.3, 0.4) is 0 Å². The number of carbonyl (C=O) groups is 2. The van der Waals surface area contributed by atoms with Crippen LogP contribution in [0.15, 0.2) is 41.2 Å². The highest BCUT2D eigenvalue weighted by molar-refractivity contribution is 6.07. The molecule has 1 amide bonds. The lowest BCUT2D eigenvalue weighted by Gasteiger charge is -2.34. The molecule has 0 aliphatic heterocycles. The van der Waals surface area contributed by atoms with E-state index in [1.54, 1.807) is 13.1 Å². The molecule has 0 saturated heterocycles. The van der Waals surface area contributed by atoms with Gasteiger partial charge in [-0.1, -0.05) is 19.3 Å². The van der Waals surface area contributed by atoms with Crippen molar-refractivity contribution in [1.29, 1.82) is 0 Å². The first kappa shape index (κ1) is 26.3. The van der Waals surface area contributed by atoms with Gasteiger partial charge in [0, 0.05) is 43.8 Å². The second-order valence-corrected chi connectivity index (χ2v) is 9.36. The normalized spacial score (nSPS) is 14.2. The summed E-state index contributed by atoms with van der Waals surface area (Å²) in [5.74, 6) is -2.26. The van der Waals surface area contributed by atoms with E-state index in [1.807, 2.05) is 0 Å². The Hall–Kier alpha value is -3.76. The molecule has 1 fully saturated rings. The number of fused-ring (bicyclic) bond motifs is 1.